The summed E-state index contributed by atoms with van der Waals surface area (Å²) in [7, 11) is 1.65. The lowest BCUT2D eigenvalue weighted by Crippen LogP contribution is -2.08. The van der Waals surface area contributed by atoms with Crippen LogP contribution in [0.15, 0.2) is 47.6 Å². The fourth-order valence-corrected chi connectivity index (χ4v) is 4.21. The third-order valence-electron chi connectivity index (χ3n) is 4.98. The van der Waals surface area contributed by atoms with Crippen molar-refractivity contribution in [2.24, 2.45) is 0 Å². The first-order valence-corrected chi connectivity index (χ1v) is 11.0. The minimum atomic E-state index is 0.131. The number of aryl methyl sites for hydroxylation is 2. The minimum Gasteiger partial charge on any atom is -0.496 e. The van der Waals surface area contributed by atoms with E-state index >= 15 is 0 Å². The molecule has 0 spiro atoms. The number of ketones is 1. The highest BCUT2D eigenvalue weighted by atomic mass is 32.2. The summed E-state index contributed by atoms with van der Waals surface area (Å²) in [5.74, 6) is 1.98. The Kier molecular flexibility index (Phi) is 7.09. The van der Waals surface area contributed by atoms with Crippen molar-refractivity contribution in [2.75, 3.05) is 12.9 Å². The van der Waals surface area contributed by atoms with Crippen LogP contribution in [0.2, 0.25) is 0 Å². The number of Topliss-reactive ketones (excluding diaryl/α,β-unsaturated/α-hetero) is 1. The SMILES string of the molecule is CCc1ccc(CC)c(C(=O)CSc2nnc(-c3ccccc3OC)n2CC)c1. The van der Waals surface area contributed by atoms with Gasteiger partial charge in [0.25, 0.3) is 0 Å². The predicted octanol–water partition coefficient (Wildman–Crippen LogP) is 5.07. The Labute approximate surface area is 176 Å². The second-order valence-corrected chi connectivity index (χ2v) is 7.60. The molecular formula is C23H27N3O2S. The number of carbonyl (C=O) groups is 1. The Morgan fingerprint density at radius 3 is 2.55 bits per heavy atom. The molecule has 0 N–H and O–H groups in total. The molecule has 3 aromatic rings. The molecule has 5 nitrogen and oxygen atoms in total. The Balaban J connectivity index is 1.83. The average molecular weight is 410 g/mol. The monoisotopic (exact) mass is 409 g/mol. The summed E-state index contributed by atoms with van der Waals surface area (Å²) in [6.07, 6.45) is 1.77. The number of thioether (sulfide) groups is 1. The first-order valence-electron chi connectivity index (χ1n) is 9.97. The number of rotatable bonds is 9. The number of para-hydroxylation sites is 1. The van der Waals surface area contributed by atoms with E-state index < -0.39 is 0 Å². The molecule has 0 aliphatic rings. The van der Waals surface area contributed by atoms with E-state index in [1.165, 1.54) is 17.3 Å². The van der Waals surface area contributed by atoms with E-state index in [2.05, 4.69) is 36.2 Å². The number of carbonyl (C=O) groups excluding carboxylic acids is 1. The highest BCUT2D eigenvalue weighted by Crippen LogP contribution is 2.31. The van der Waals surface area contributed by atoms with Gasteiger partial charge in [-0.2, -0.15) is 0 Å². The molecule has 0 aliphatic carbocycles. The smallest absolute Gasteiger partial charge is 0.191 e. The van der Waals surface area contributed by atoms with Crippen molar-refractivity contribution in [2.45, 2.75) is 45.3 Å². The van der Waals surface area contributed by atoms with Crippen LogP contribution in [0.3, 0.4) is 0 Å². The van der Waals surface area contributed by atoms with E-state index in [-0.39, 0.29) is 5.78 Å². The highest BCUT2D eigenvalue weighted by molar-refractivity contribution is 7.99. The molecule has 0 saturated carbocycles. The zero-order valence-electron chi connectivity index (χ0n) is 17.4. The zero-order chi connectivity index (χ0) is 20.8. The molecule has 1 aromatic heterocycles. The fraction of sp³-hybridized carbons (Fsp3) is 0.348. The maximum Gasteiger partial charge on any atom is 0.191 e. The number of nitrogens with zero attached hydrogens (tertiary/aromatic N) is 3. The van der Waals surface area contributed by atoms with Crippen LogP contribution in [0.25, 0.3) is 11.4 Å². The molecule has 0 atom stereocenters. The van der Waals surface area contributed by atoms with Crippen molar-refractivity contribution in [1.29, 1.82) is 0 Å². The van der Waals surface area contributed by atoms with Crippen molar-refractivity contribution in [1.82, 2.24) is 14.8 Å². The maximum absolute atomic E-state index is 12.9. The van der Waals surface area contributed by atoms with Crippen LogP contribution in [-0.4, -0.2) is 33.4 Å². The van der Waals surface area contributed by atoms with Gasteiger partial charge < -0.3 is 9.30 Å². The summed E-state index contributed by atoms with van der Waals surface area (Å²) in [4.78, 5) is 12.9. The van der Waals surface area contributed by atoms with E-state index in [9.17, 15) is 4.79 Å². The van der Waals surface area contributed by atoms with Gasteiger partial charge in [0, 0.05) is 12.1 Å². The molecule has 6 heteroatoms. The molecule has 29 heavy (non-hydrogen) atoms. The fourth-order valence-electron chi connectivity index (χ4n) is 3.33. The van der Waals surface area contributed by atoms with Gasteiger partial charge in [0.05, 0.1) is 18.4 Å². The van der Waals surface area contributed by atoms with Crippen molar-refractivity contribution in [3.63, 3.8) is 0 Å². The van der Waals surface area contributed by atoms with Crippen LogP contribution in [-0.2, 0) is 19.4 Å². The summed E-state index contributed by atoms with van der Waals surface area (Å²) in [5, 5.41) is 9.47. The minimum absolute atomic E-state index is 0.131. The van der Waals surface area contributed by atoms with E-state index in [0.717, 1.165) is 46.3 Å². The zero-order valence-corrected chi connectivity index (χ0v) is 18.3. The van der Waals surface area contributed by atoms with Crippen molar-refractivity contribution >= 4 is 17.5 Å². The molecule has 3 rings (SSSR count). The molecule has 0 saturated heterocycles. The molecule has 0 amide bonds. The van der Waals surface area contributed by atoms with Crippen molar-refractivity contribution < 1.29 is 9.53 Å². The number of benzene rings is 2. The summed E-state index contributed by atoms with van der Waals surface area (Å²) in [6.45, 7) is 6.95. The molecule has 0 unspecified atom stereocenters. The second kappa shape index (κ2) is 9.74. The summed E-state index contributed by atoms with van der Waals surface area (Å²) >= 11 is 1.44. The molecule has 0 fully saturated rings. The second-order valence-electron chi connectivity index (χ2n) is 6.66. The van der Waals surface area contributed by atoms with E-state index in [1.54, 1.807) is 7.11 Å². The molecule has 1 heterocycles. The summed E-state index contributed by atoms with van der Waals surface area (Å²) in [6, 6.07) is 14.0. The van der Waals surface area contributed by atoms with E-state index in [4.69, 9.17) is 4.74 Å². The van der Waals surface area contributed by atoms with Crippen LogP contribution < -0.4 is 4.74 Å². The summed E-state index contributed by atoms with van der Waals surface area (Å²) < 4.78 is 7.50. The predicted molar refractivity (Wildman–Crippen MR) is 118 cm³/mol. The number of hydrogen-bond acceptors (Lipinski definition) is 5. The van der Waals surface area contributed by atoms with Gasteiger partial charge in [0.1, 0.15) is 5.75 Å². The average Bonchev–Trinajstić information content (AvgIpc) is 3.19. The van der Waals surface area contributed by atoms with Crippen LogP contribution >= 0.6 is 11.8 Å². The normalized spacial score (nSPS) is 10.9. The third kappa shape index (κ3) is 4.53. The van der Waals surface area contributed by atoms with Crippen LogP contribution in [0.5, 0.6) is 5.75 Å². The van der Waals surface area contributed by atoms with Gasteiger partial charge >= 0.3 is 0 Å². The molecule has 2 aromatic carbocycles. The van der Waals surface area contributed by atoms with Gasteiger partial charge in [-0.15, -0.1) is 10.2 Å². The topological polar surface area (TPSA) is 57.0 Å². The van der Waals surface area contributed by atoms with Crippen LogP contribution in [0.4, 0.5) is 0 Å². The van der Waals surface area contributed by atoms with Gasteiger partial charge in [0.15, 0.2) is 16.8 Å². The van der Waals surface area contributed by atoms with Gasteiger partial charge in [-0.1, -0.05) is 49.9 Å². The lowest BCUT2D eigenvalue weighted by atomic mass is 9.98. The lowest BCUT2D eigenvalue weighted by Gasteiger charge is -2.11. The molecule has 0 radical (unpaired) electrons. The Morgan fingerprint density at radius 2 is 1.86 bits per heavy atom. The Hall–Kier alpha value is -2.60. The maximum atomic E-state index is 12.9. The third-order valence-corrected chi connectivity index (χ3v) is 5.94. The quantitative estimate of drug-likeness (QED) is 0.365. The number of aromatic nitrogens is 3. The largest absolute Gasteiger partial charge is 0.496 e. The molecular weight excluding hydrogens is 382 g/mol. The van der Waals surface area contributed by atoms with E-state index in [0.29, 0.717) is 12.3 Å². The lowest BCUT2D eigenvalue weighted by molar-refractivity contribution is 0.102. The first kappa shape index (κ1) is 21.1. The first-order chi connectivity index (χ1) is 14.1. The molecule has 0 bridgehead atoms. The summed E-state index contributed by atoms with van der Waals surface area (Å²) in [5.41, 5.74) is 4.00. The highest BCUT2D eigenvalue weighted by Gasteiger charge is 2.18. The Bertz CT molecular complexity index is 998. The molecule has 0 aliphatic heterocycles. The number of ether oxygens (including phenoxy) is 1. The number of methoxy groups -OCH3 is 1. The molecule has 152 valence electrons. The van der Waals surface area contributed by atoms with Gasteiger partial charge in [-0.25, -0.2) is 0 Å². The van der Waals surface area contributed by atoms with Gasteiger partial charge in [0.2, 0.25) is 0 Å². The van der Waals surface area contributed by atoms with Crippen molar-refractivity contribution in [3.8, 4) is 17.1 Å². The van der Waals surface area contributed by atoms with E-state index in [1.807, 2.05) is 41.8 Å². The van der Waals surface area contributed by atoms with Crippen molar-refractivity contribution in [3.05, 3.63) is 59.2 Å². The van der Waals surface area contributed by atoms with Gasteiger partial charge in [-0.3, -0.25) is 4.79 Å². The standard InChI is InChI=1S/C23H27N3O2S/c1-5-16-12-13-17(6-2)19(14-16)20(27)15-29-23-25-24-22(26(23)7-3)18-10-8-9-11-21(18)28-4/h8-14H,5-7,15H2,1-4H3. The Morgan fingerprint density at radius 1 is 1.07 bits per heavy atom. The number of hydrogen-bond donors (Lipinski definition) is 0. The van der Waals surface area contributed by atoms with Gasteiger partial charge in [-0.05, 0) is 49.1 Å². The van der Waals surface area contributed by atoms with Crippen LogP contribution in [0.1, 0.15) is 42.3 Å². The van der Waals surface area contributed by atoms with Crippen LogP contribution in [0, 0.1) is 0 Å².